The second kappa shape index (κ2) is 9.96. The number of nitrogens with one attached hydrogen (secondary N) is 2. The van der Waals surface area contributed by atoms with E-state index in [1.165, 1.54) is 22.6 Å². The van der Waals surface area contributed by atoms with Crippen LogP contribution in [-0.2, 0) is 21.4 Å². The number of quaternary nitrogens is 1. The smallest absolute Gasteiger partial charge is 0.240 e. The van der Waals surface area contributed by atoms with Crippen LogP contribution in [0.5, 0.6) is 0 Å². The summed E-state index contributed by atoms with van der Waals surface area (Å²) < 4.78 is 39.7. The van der Waals surface area contributed by atoms with E-state index in [4.69, 9.17) is 0 Å². The summed E-state index contributed by atoms with van der Waals surface area (Å²) in [7, 11) is -3.68. The molecule has 8 heteroatoms. The maximum Gasteiger partial charge on any atom is 0.240 e. The fraction of sp³-hybridized carbons (Fsp3) is 0.381. The SMILES string of the molecule is O=C(CCCNS(=O)(=O)c1ccc(F)cc1)N1CC[NH+](Cc2ccccc2)CC1. The fourth-order valence-electron chi connectivity index (χ4n) is 3.44. The van der Waals surface area contributed by atoms with Crippen molar-refractivity contribution in [1.29, 1.82) is 0 Å². The first-order valence-corrected chi connectivity index (χ1v) is 11.3. The molecular formula is C21H27FN3O3S+. The Labute approximate surface area is 171 Å². The molecule has 1 fully saturated rings. The first kappa shape index (κ1) is 21.4. The van der Waals surface area contributed by atoms with Crippen LogP contribution in [0.1, 0.15) is 18.4 Å². The second-order valence-corrected chi connectivity index (χ2v) is 9.02. The average Bonchev–Trinajstić information content (AvgIpc) is 2.73. The molecule has 156 valence electrons. The Bertz CT molecular complexity index is 897. The first-order chi connectivity index (χ1) is 13.9. The normalized spacial score (nSPS) is 15.4. The molecule has 29 heavy (non-hydrogen) atoms. The summed E-state index contributed by atoms with van der Waals surface area (Å²) in [5.41, 5.74) is 1.30. The quantitative estimate of drug-likeness (QED) is 0.621. The Balaban J connectivity index is 1.36. The molecule has 0 atom stereocenters. The molecule has 2 aromatic rings. The van der Waals surface area contributed by atoms with Gasteiger partial charge >= 0.3 is 0 Å². The number of nitrogens with zero attached hydrogens (tertiary/aromatic N) is 1. The highest BCUT2D eigenvalue weighted by molar-refractivity contribution is 7.89. The van der Waals surface area contributed by atoms with E-state index in [2.05, 4.69) is 16.9 Å². The monoisotopic (exact) mass is 420 g/mol. The largest absolute Gasteiger partial charge is 0.331 e. The van der Waals surface area contributed by atoms with Gasteiger partial charge < -0.3 is 9.80 Å². The summed E-state index contributed by atoms with van der Waals surface area (Å²) in [5, 5.41) is 0. The lowest BCUT2D eigenvalue weighted by Crippen LogP contribution is -3.13. The van der Waals surface area contributed by atoms with Crippen molar-refractivity contribution in [1.82, 2.24) is 9.62 Å². The second-order valence-electron chi connectivity index (χ2n) is 7.25. The number of hydrogen-bond donors (Lipinski definition) is 2. The zero-order chi connectivity index (χ0) is 20.7. The molecule has 0 radical (unpaired) electrons. The van der Waals surface area contributed by atoms with Crippen molar-refractivity contribution in [2.45, 2.75) is 24.3 Å². The van der Waals surface area contributed by atoms with E-state index in [0.29, 0.717) is 12.8 Å². The van der Waals surface area contributed by atoms with E-state index in [9.17, 15) is 17.6 Å². The molecule has 6 nitrogen and oxygen atoms in total. The van der Waals surface area contributed by atoms with Gasteiger partial charge in [-0.25, -0.2) is 17.5 Å². The van der Waals surface area contributed by atoms with Gasteiger partial charge in [0.1, 0.15) is 12.4 Å². The van der Waals surface area contributed by atoms with Gasteiger partial charge in [-0.1, -0.05) is 30.3 Å². The zero-order valence-electron chi connectivity index (χ0n) is 16.3. The minimum Gasteiger partial charge on any atom is -0.331 e. The maximum absolute atomic E-state index is 12.9. The van der Waals surface area contributed by atoms with Crippen molar-refractivity contribution in [3.63, 3.8) is 0 Å². The van der Waals surface area contributed by atoms with Gasteiger partial charge in [0.2, 0.25) is 15.9 Å². The van der Waals surface area contributed by atoms with Gasteiger partial charge in [-0.15, -0.1) is 0 Å². The molecule has 0 unspecified atom stereocenters. The summed E-state index contributed by atoms with van der Waals surface area (Å²) >= 11 is 0. The van der Waals surface area contributed by atoms with Crippen LogP contribution in [0.2, 0.25) is 0 Å². The average molecular weight is 421 g/mol. The van der Waals surface area contributed by atoms with Crippen molar-refractivity contribution in [2.75, 3.05) is 32.7 Å². The minimum absolute atomic E-state index is 0.0164. The molecule has 0 aliphatic carbocycles. The molecule has 1 aliphatic heterocycles. The number of benzene rings is 2. The Hall–Kier alpha value is -2.29. The Kier molecular flexibility index (Phi) is 7.35. The van der Waals surface area contributed by atoms with Crippen LogP contribution in [0.3, 0.4) is 0 Å². The zero-order valence-corrected chi connectivity index (χ0v) is 17.1. The van der Waals surface area contributed by atoms with Crippen LogP contribution in [0.4, 0.5) is 4.39 Å². The predicted octanol–water partition coefficient (Wildman–Crippen LogP) is 0.812. The van der Waals surface area contributed by atoms with Gasteiger partial charge in [-0.05, 0) is 30.7 Å². The molecule has 3 rings (SSSR count). The van der Waals surface area contributed by atoms with Crippen LogP contribution in [0, 0.1) is 5.82 Å². The topological polar surface area (TPSA) is 70.9 Å². The third-order valence-corrected chi connectivity index (χ3v) is 6.58. The highest BCUT2D eigenvalue weighted by Crippen LogP contribution is 2.09. The number of carbonyl (C=O) groups excluding carboxylic acids is 1. The van der Waals surface area contributed by atoms with E-state index < -0.39 is 15.8 Å². The van der Waals surface area contributed by atoms with Crippen LogP contribution >= 0.6 is 0 Å². The summed E-state index contributed by atoms with van der Waals surface area (Å²) in [6.45, 7) is 4.42. The first-order valence-electron chi connectivity index (χ1n) is 9.84. The van der Waals surface area contributed by atoms with E-state index in [1.807, 2.05) is 23.1 Å². The molecule has 2 N–H and O–H groups in total. The van der Waals surface area contributed by atoms with Crippen molar-refractivity contribution >= 4 is 15.9 Å². The number of sulfonamides is 1. The summed E-state index contributed by atoms with van der Waals surface area (Å²) in [6.07, 6.45) is 0.732. The Morgan fingerprint density at radius 2 is 1.69 bits per heavy atom. The molecule has 1 saturated heterocycles. The number of rotatable bonds is 8. The molecule has 0 aromatic heterocycles. The van der Waals surface area contributed by atoms with Crippen molar-refractivity contribution in [2.24, 2.45) is 0 Å². The van der Waals surface area contributed by atoms with Gasteiger partial charge in [0.15, 0.2) is 0 Å². The Morgan fingerprint density at radius 1 is 1.03 bits per heavy atom. The predicted molar refractivity (Wildman–Crippen MR) is 108 cm³/mol. The van der Waals surface area contributed by atoms with E-state index in [-0.39, 0.29) is 17.3 Å². The van der Waals surface area contributed by atoms with Gasteiger partial charge in [0.05, 0.1) is 31.1 Å². The third kappa shape index (κ3) is 6.35. The summed E-state index contributed by atoms with van der Waals surface area (Å²) in [4.78, 5) is 15.7. The standard InChI is InChI=1S/C21H26FN3O3S/c22-19-8-10-20(11-9-19)29(27,28)23-12-4-7-21(26)25-15-13-24(14-16-25)17-18-5-2-1-3-6-18/h1-3,5-6,8-11,23H,4,7,12-17H2/p+1. The molecule has 1 aliphatic rings. The highest BCUT2D eigenvalue weighted by Gasteiger charge is 2.23. The highest BCUT2D eigenvalue weighted by atomic mass is 32.2. The minimum atomic E-state index is -3.68. The lowest BCUT2D eigenvalue weighted by atomic mass is 10.2. The van der Waals surface area contributed by atoms with Crippen molar-refractivity contribution in [3.8, 4) is 0 Å². The van der Waals surface area contributed by atoms with Crippen LogP contribution in [0.25, 0.3) is 0 Å². The molecule has 2 aromatic carbocycles. The number of halogens is 1. The van der Waals surface area contributed by atoms with Crippen molar-refractivity contribution < 1.29 is 22.5 Å². The Morgan fingerprint density at radius 3 is 2.34 bits per heavy atom. The molecule has 0 spiro atoms. The van der Waals surface area contributed by atoms with Crippen LogP contribution in [-0.4, -0.2) is 51.9 Å². The molecule has 1 amide bonds. The molecular weight excluding hydrogens is 393 g/mol. The van der Waals surface area contributed by atoms with E-state index in [1.54, 1.807) is 0 Å². The third-order valence-electron chi connectivity index (χ3n) is 5.10. The van der Waals surface area contributed by atoms with E-state index >= 15 is 0 Å². The van der Waals surface area contributed by atoms with Gasteiger partial charge in [-0.2, -0.15) is 0 Å². The molecule has 1 heterocycles. The number of carbonyl (C=O) groups is 1. The van der Waals surface area contributed by atoms with Crippen LogP contribution in [0.15, 0.2) is 59.5 Å². The number of piperazine rings is 1. The van der Waals surface area contributed by atoms with Crippen molar-refractivity contribution in [3.05, 3.63) is 66.0 Å². The van der Waals surface area contributed by atoms with Gasteiger partial charge in [0, 0.05) is 18.5 Å². The fourth-order valence-corrected chi connectivity index (χ4v) is 4.51. The molecule has 0 bridgehead atoms. The number of hydrogen-bond acceptors (Lipinski definition) is 3. The van der Waals surface area contributed by atoms with E-state index in [0.717, 1.165) is 44.9 Å². The van der Waals surface area contributed by atoms with Gasteiger partial charge in [-0.3, -0.25) is 4.79 Å². The van der Waals surface area contributed by atoms with Crippen LogP contribution < -0.4 is 9.62 Å². The van der Waals surface area contributed by atoms with Gasteiger partial charge in [0.25, 0.3) is 0 Å². The lowest BCUT2D eigenvalue weighted by molar-refractivity contribution is -0.917. The number of amides is 1. The lowest BCUT2D eigenvalue weighted by Gasteiger charge is -2.32. The summed E-state index contributed by atoms with van der Waals surface area (Å²) in [6, 6.07) is 15.0. The molecule has 0 saturated carbocycles. The maximum atomic E-state index is 12.9. The summed E-state index contributed by atoms with van der Waals surface area (Å²) in [5.74, 6) is -0.426.